The second-order valence-electron chi connectivity index (χ2n) is 6.23. The second kappa shape index (κ2) is 8.42. The molecule has 0 radical (unpaired) electrons. The zero-order valence-corrected chi connectivity index (χ0v) is 14.3. The van der Waals surface area contributed by atoms with Crippen LogP contribution in [0.15, 0.2) is 48.5 Å². The van der Waals surface area contributed by atoms with Gasteiger partial charge >= 0.3 is 0 Å². The molecule has 1 heterocycles. The smallest absolute Gasteiger partial charge is 0.207 e. The number of halogens is 1. The lowest BCUT2D eigenvalue weighted by atomic mass is 9.85. The zero-order chi connectivity index (χ0) is 17.5. The van der Waals surface area contributed by atoms with E-state index < -0.39 is 0 Å². The Labute approximate surface area is 138 Å². The minimum atomic E-state index is -0.278. The maximum atomic E-state index is 13.1. The van der Waals surface area contributed by atoms with Crippen LogP contribution in [-0.4, -0.2) is 17.9 Å². The summed E-state index contributed by atoms with van der Waals surface area (Å²) in [6.07, 6.45) is 7.62. The van der Waals surface area contributed by atoms with Crippen molar-refractivity contribution in [2.45, 2.75) is 39.5 Å². The SMILES string of the molecule is C=C(/C=C\C(F)=C/C)Cc1cnc(C(C)(C)CNC=O)c(C)c1. The van der Waals surface area contributed by atoms with Crippen LogP contribution in [0.3, 0.4) is 0 Å². The number of hydrogen-bond donors (Lipinski definition) is 1. The maximum Gasteiger partial charge on any atom is 0.207 e. The number of carbonyl (C=O) groups is 1. The highest BCUT2D eigenvalue weighted by Gasteiger charge is 2.23. The fraction of sp³-hybridized carbons (Fsp3) is 0.368. The van der Waals surface area contributed by atoms with Crippen LogP contribution in [0, 0.1) is 6.92 Å². The van der Waals surface area contributed by atoms with Gasteiger partial charge in [0.1, 0.15) is 5.83 Å². The van der Waals surface area contributed by atoms with Gasteiger partial charge in [-0.2, -0.15) is 0 Å². The highest BCUT2D eigenvalue weighted by Crippen LogP contribution is 2.24. The van der Waals surface area contributed by atoms with E-state index in [-0.39, 0.29) is 11.2 Å². The van der Waals surface area contributed by atoms with Gasteiger partial charge in [0.15, 0.2) is 0 Å². The standard InChI is InChI=1S/C19H25FN2O/c1-6-17(20)8-7-14(2)9-16-10-15(3)18(22-11-16)19(4,5)12-21-13-23/h6-8,10-11,13H,2,9,12H2,1,3-5H3,(H,21,23)/b8-7-,17-6+. The molecule has 1 aromatic rings. The fourth-order valence-electron chi connectivity index (χ4n) is 2.43. The average molecular weight is 316 g/mol. The van der Waals surface area contributed by atoms with Crippen LogP contribution in [0.1, 0.15) is 37.6 Å². The van der Waals surface area contributed by atoms with Crippen molar-refractivity contribution < 1.29 is 9.18 Å². The molecule has 0 fully saturated rings. The van der Waals surface area contributed by atoms with Crippen molar-refractivity contribution in [1.82, 2.24) is 10.3 Å². The Morgan fingerprint density at radius 3 is 2.70 bits per heavy atom. The molecule has 0 saturated carbocycles. The van der Waals surface area contributed by atoms with Crippen LogP contribution >= 0.6 is 0 Å². The Morgan fingerprint density at radius 1 is 1.43 bits per heavy atom. The Morgan fingerprint density at radius 2 is 2.13 bits per heavy atom. The Bertz CT molecular complexity index is 630. The summed E-state index contributed by atoms with van der Waals surface area (Å²) in [5.74, 6) is -0.278. The number of allylic oxidation sites excluding steroid dienone is 5. The Balaban J connectivity index is 2.86. The molecule has 1 rings (SSSR count). The predicted molar refractivity (Wildman–Crippen MR) is 92.9 cm³/mol. The van der Waals surface area contributed by atoms with Gasteiger partial charge in [0.2, 0.25) is 6.41 Å². The van der Waals surface area contributed by atoms with Gasteiger partial charge < -0.3 is 5.32 Å². The summed E-state index contributed by atoms with van der Waals surface area (Å²) < 4.78 is 13.1. The molecule has 0 saturated heterocycles. The van der Waals surface area contributed by atoms with E-state index in [2.05, 4.69) is 22.9 Å². The third-order valence-corrected chi connectivity index (χ3v) is 3.59. The summed E-state index contributed by atoms with van der Waals surface area (Å²) >= 11 is 0. The van der Waals surface area contributed by atoms with Gasteiger partial charge in [-0.3, -0.25) is 9.78 Å². The van der Waals surface area contributed by atoms with E-state index in [0.717, 1.165) is 22.4 Å². The molecule has 1 N–H and O–H groups in total. The molecule has 4 heteroatoms. The lowest BCUT2D eigenvalue weighted by molar-refractivity contribution is -0.109. The number of aromatic nitrogens is 1. The number of carbonyl (C=O) groups excluding carboxylic acids is 1. The van der Waals surface area contributed by atoms with Gasteiger partial charge in [-0.1, -0.05) is 44.2 Å². The average Bonchev–Trinajstić information content (AvgIpc) is 2.50. The summed E-state index contributed by atoms with van der Waals surface area (Å²) in [6.45, 7) is 12.2. The summed E-state index contributed by atoms with van der Waals surface area (Å²) in [7, 11) is 0. The molecule has 1 aromatic heterocycles. The summed E-state index contributed by atoms with van der Waals surface area (Å²) in [5, 5.41) is 2.71. The monoisotopic (exact) mass is 316 g/mol. The number of nitrogens with zero attached hydrogens (tertiary/aromatic N) is 1. The van der Waals surface area contributed by atoms with Crippen LogP contribution in [0.25, 0.3) is 0 Å². The van der Waals surface area contributed by atoms with Gasteiger partial charge in [-0.15, -0.1) is 0 Å². The van der Waals surface area contributed by atoms with E-state index in [1.54, 1.807) is 13.0 Å². The van der Waals surface area contributed by atoms with E-state index in [1.807, 2.05) is 27.0 Å². The molecule has 124 valence electrons. The Kier molecular flexibility index (Phi) is 6.89. The molecule has 0 bridgehead atoms. The summed E-state index contributed by atoms with van der Waals surface area (Å²) in [5.41, 5.74) is 3.63. The molecule has 0 aliphatic carbocycles. The van der Waals surface area contributed by atoms with Crippen LogP contribution in [0.5, 0.6) is 0 Å². The molecule has 0 spiro atoms. The quantitative estimate of drug-likeness (QED) is 0.583. The molecule has 23 heavy (non-hydrogen) atoms. The molecule has 0 aromatic carbocycles. The number of rotatable bonds is 8. The second-order valence-corrected chi connectivity index (χ2v) is 6.23. The summed E-state index contributed by atoms with van der Waals surface area (Å²) in [4.78, 5) is 15.1. The van der Waals surface area contributed by atoms with Crippen molar-refractivity contribution >= 4 is 6.41 Å². The first-order chi connectivity index (χ1) is 10.8. The predicted octanol–water partition coefficient (Wildman–Crippen LogP) is 3.94. The van der Waals surface area contributed by atoms with Crippen LogP contribution in [0.2, 0.25) is 0 Å². The van der Waals surface area contributed by atoms with E-state index >= 15 is 0 Å². The molecule has 0 aliphatic heterocycles. The van der Waals surface area contributed by atoms with Crippen LogP contribution in [-0.2, 0) is 16.6 Å². The maximum absolute atomic E-state index is 13.1. The van der Waals surface area contributed by atoms with Crippen LogP contribution < -0.4 is 5.32 Å². The minimum Gasteiger partial charge on any atom is -0.358 e. The minimum absolute atomic E-state index is 0.241. The lowest BCUT2D eigenvalue weighted by Gasteiger charge is -2.25. The molecule has 3 nitrogen and oxygen atoms in total. The van der Waals surface area contributed by atoms with Crippen molar-refractivity contribution in [1.29, 1.82) is 0 Å². The summed E-state index contributed by atoms with van der Waals surface area (Å²) in [6, 6.07) is 2.07. The topological polar surface area (TPSA) is 42.0 Å². The molecule has 0 unspecified atom stereocenters. The number of aryl methyl sites for hydroxylation is 1. The third kappa shape index (κ3) is 5.81. The van der Waals surface area contributed by atoms with Gasteiger partial charge in [-0.05, 0) is 37.5 Å². The van der Waals surface area contributed by atoms with Gasteiger partial charge in [0.05, 0.1) is 5.69 Å². The van der Waals surface area contributed by atoms with Gasteiger partial charge in [0, 0.05) is 18.2 Å². The first kappa shape index (κ1) is 18.8. The third-order valence-electron chi connectivity index (χ3n) is 3.59. The highest BCUT2D eigenvalue weighted by atomic mass is 19.1. The Hall–Kier alpha value is -2.23. The lowest BCUT2D eigenvalue weighted by Crippen LogP contribution is -2.33. The first-order valence-corrected chi connectivity index (χ1v) is 7.61. The molecule has 1 amide bonds. The van der Waals surface area contributed by atoms with Gasteiger partial charge in [0.25, 0.3) is 0 Å². The number of nitrogens with one attached hydrogen (secondary N) is 1. The molecular weight excluding hydrogens is 291 g/mol. The number of amides is 1. The highest BCUT2D eigenvalue weighted by molar-refractivity contribution is 5.46. The van der Waals surface area contributed by atoms with Crippen molar-refractivity contribution in [3.63, 3.8) is 0 Å². The van der Waals surface area contributed by atoms with E-state index in [9.17, 15) is 9.18 Å². The van der Waals surface area contributed by atoms with Crippen molar-refractivity contribution in [2.24, 2.45) is 0 Å². The largest absolute Gasteiger partial charge is 0.358 e. The van der Waals surface area contributed by atoms with Crippen molar-refractivity contribution in [2.75, 3.05) is 6.54 Å². The number of pyridine rings is 1. The van der Waals surface area contributed by atoms with E-state index in [1.165, 1.54) is 12.2 Å². The molecule has 0 atom stereocenters. The number of hydrogen-bond acceptors (Lipinski definition) is 2. The first-order valence-electron chi connectivity index (χ1n) is 7.61. The van der Waals surface area contributed by atoms with E-state index in [4.69, 9.17) is 0 Å². The van der Waals surface area contributed by atoms with E-state index in [0.29, 0.717) is 19.4 Å². The van der Waals surface area contributed by atoms with Crippen molar-refractivity contribution in [3.05, 3.63) is 65.3 Å². The zero-order valence-electron chi connectivity index (χ0n) is 14.3. The molecule has 0 aliphatic rings. The van der Waals surface area contributed by atoms with Crippen LogP contribution in [0.4, 0.5) is 4.39 Å². The van der Waals surface area contributed by atoms with Gasteiger partial charge in [-0.25, -0.2) is 4.39 Å². The molecular formula is C19H25FN2O. The fourth-order valence-corrected chi connectivity index (χ4v) is 2.43. The van der Waals surface area contributed by atoms with Crippen molar-refractivity contribution in [3.8, 4) is 0 Å². The normalized spacial score (nSPS) is 12.5.